The van der Waals surface area contributed by atoms with Crippen LogP contribution in [0.1, 0.15) is 0 Å². The molecule has 2 aliphatic heterocycles. The number of fused-ring (bicyclic) bond motifs is 6. The van der Waals surface area contributed by atoms with Crippen LogP contribution in [0.25, 0.3) is 21.9 Å². The molecule has 0 aliphatic carbocycles. The van der Waals surface area contributed by atoms with E-state index in [1.807, 2.05) is 133 Å². The molecule has 43 heavy (non-hydrogen) atoms. The fourth-order valence-corrected chi connectivity index (χ4v) is 6.08. The average Bonchev–Trinajstić information content (AvgIpc) is 3.06. The SMILES string of the molecule is O=c1c2cc(N3c4ccccc4Oc4ccccc43)ccc2oc2ccc(N3c4ccccc4Oc4ccccc43)cc12. The van der Waals surface area contributed by atoms with E-state index in [1.54, 1.807) is 0 Å². The summed E-state index contributed by atoms with van der Waals surface area (Å²) in [6, 6.07) is 43.1. The van der Waals surface area contributed by atoms with Gasteiger partial charge >= 0.3 is 0 Å². The Kier molecular flexibility index (Phi) is 4.95. The zero-order chi connectivity index (χ0) is 28.5. The smallest absolute Gasteiger partial charge is 0.200 e. The summed E-state index contributed by atoms with van der Waals surface area (Å²) in [5, 5.41) is 1.01. The van der Waals surface area contributed by atoms with Crippen LogP contribution < -0.4 is 24.7 Å². The fraction of sp³-hybridized carbons (Fsp3) is 0. The second-order valence-corrected chi connectivity index (χ2v) is 10.5. The maximum atomic E-state index is 14.2. The Morgan fingerprint density at radius 2 is 0.767 bits per heavy atom. The number of rotatable bonds is 2. The van der Waals surface area contributed by atoms with Gasteiger partial charge in [0.1, 0.15) is 11.2 Å². The van der Waals surface area contributed by atoms with E-state index in [9.17, 15) is 4.79 Å². The molecule has 0 fully saturated rings. The minimum absolute atomic E-state index is 0.0930. The van der Waals surface area contributed by atoms with Gasteiger partial charge in [0.2, 0.25) is 5.43 Å². The van der Waals surface area contributed by atoms with Gasteiger partial charge in [0, 0.05) is 11.4 Å². The van der Waals surface area contributed by atoms with Crippen molar-refractivity contribution in [2.75, 3.05) is 9.80 Å². The maximum Gasteiger partial charge on any atom is 0.200 e. The molecule has 204 valence electrons. The summed E-state index contributed by atoms with van der Waals surface area (Å²) in [4.78, 5) is 18.4. The number of hydrogen-bond donors (Lipinski definition) is 0. The molecule has 3 heterocycles. The van der Waals surface area contributed by atoms with Crippen molar-refractivity contribution in [1.29, 1.82) is 0 Å². The largest absolute Gasteiger partial charge is 0.456 e. The molecule has 0 saturated heterocycles. The molecule has 6 nitrogen and oxygen atoms in total. The van der Waals surface area contributed by atoms with E-state index in [4.69, 9.17) is 13.9 Å². The Hall–Kier alpha value is -6.01. The summed E-state index contributed by atoms with van der Waals surface area (Å²) in [5.41, 5.74) is 6.26. The van der Waals surface area contributed by atoms with Crippen LogP contribution in [0.5, 0.6) is 23.0 Å². The lowest BCUT2D eigenvalue weighted by molar-refractivity contribution is 0.477. The zero-order valence-corrected chi connectivity index (χ0v) is 22.7. The molecule has 0 bridgehead atoms. The minimum Gasteiger partial charge on any atom is -0.456 e. The second kappa shape index (κ2) is 8.99. The summed E-state index contributed by atoms with van der Waals surface area (Å²) in [5.74, 6) is 3.01. The van der Waals surface area contributed by atoms with Crippen molar-refractivity contribution in [2.45, 2.75) is 0 Å². The lowest BCUT2D eigenvalue weighted by Gasteiger charge is -2.33. The molecule has 0 amide bonds. The highest BCUT2D eigenvalue weighted by Gasteiger charge is 2.27. The molecular weight excluding hydrogens is 536 g/mol. The zero-order valence-electron chi connectivity index (χ0n) is 22.7. The van der Waals surface area contributed by atoms with E-state index >= 15 is 0 Å². The second-order valence-electron chi connectivity index (χ2n) is 10.5. The third-order valence-corrected chi connectivity index (χ3v) is 8.02. The highest BCUT2D eigenvalue weighted by atomic mass is 16.5. The van der Waals surface area contributed by atoms with E-state index < -0.39 is 0 Å². The molecular formula is C37H22N2O4. The van der Waals surface area contributed by atoms with Crippen LogP contribution in [-0.4, -0.2) is 0 Å². The molecule has 0 radical (unpaired) electrons. The van der Waals surface area contributed by atoms with Gasteiger partial charge in [-0.2, -0.15) is 0 Å². The molecule has 0 saturated carbocycles. The first-order valence-electron chi connectivity index (χ1n) is 14.1. The topological polar surface area (TPSA) is 55.2 Å². The Morgan fingerprint density at radius 1 is 0.419 bits per heavy atom. The van der Waals surface area contributed by atoms with Crippen molar-refractivity contribution in [2.24, 2.45) is 0 Å². The molecule has 7 aromatic rings. The Labute approximate surface area is 246 Å². The van der Waals surface area contributed by atoms with Crippen LogP contribution in [0.15, 0.2) is 143 Å². The fourth-order valence-electron chi connectivity index (χ4n) is 6.08. The van der Waals surface area contributed by atoms with E-state index in [-0.39, 0.29) is 5.43 Å². The van der Waals surface area contributed by atoms with Crippen molar-refractivity contribution in [3.8, 4) is 23.0 Å². The summed E-state index contributed by atoms with van der Waals surface area (Å²) in [7, 11) is 0. The van der Waals surface area contributed by atoms with Gasteiger partial charge in [-0.3, -0.25) is 4.79 Å². The summed E-state index contributed by atoms with van der Waals surface area (Å²) >= 11 is 0. The molecule has 0 unspecified atom stereocenters. The average molecular weight is 559 g/mol. The molecule has 0 atom stereocenters. The van der Waals surface area contributed by atoms with E-state index in [0.717, 1.165) is 57.1 Å². The number of hydrogen-bond acceptors (Lipinski definition) is 6. The van der Waals surface area contributed by atoms with Crippen LogP contribution in [0.3, 0.4) is 0 Å². The van der Waals surface area contributed by atoms with E-state index in [1.165, 1.54) is 0 Å². The van der Waals surface area contributed by atoms with Gasteiger partial charge < -0.3 is 23.7 Å². The minimum atomic E-state index is -0.0930. The monoisotopic (exact) mass is 558 g/mol. The Balaban J connectivity index is 1.23. The van der Waals surface area contributed by atoms with Crippen molar-refractivity contribution >= 4 is 56.1 Å². The molecule has 0 spiro atoms. The molecule has 9 rings (SSSR count). The summed E-state index contributed by atoms with van der Waals surface area (Å²) in [6.45, 7) is 0. The van der Waals surface area contributed by atoms with Crippen molar-refractivity contribution < 1.29 is 13.9 Å². The van der Waals surface area contributed by atoms with Crippen LogP contribution in [0.2, 0.25) is 0 Å². The van der Waals surface area contributed by atoms with Crippen LogP contribution in [-0.2, 0) is 0 Å². The van der Waals surface area contributed by atoms with Gasteiger partial charge in [-0.05, 0) is 84.9 Å². The molecule has 0 N–H and O–H groups in total. The Bertz CT molecular complexity index is 2060. The first-order valence-corrected chi connectivity index (χ1v) is 14.1. The van der Waals surface area contributed by atoms with Crippen LogP contribution in [0, 0.1) is 0 Å². The highest BCUT2D eigenvalue weighted by Crippen LogP contribution is 2.51. The number of para-hydroxylation sites is 8. The van der Waals surface area contributed by atoms with Crippen molar-refractivity contribution in [3.05, 3.63) is 144 Å². The van der Waals surface area contributed by atoms with Gasteiger partial charge in [-0.1, -0.05) is 48.5 Å². The highest BCUT2D eigenvalue weighted by molar-refractivity contribution is 5.97. The number of anilines is 6. The maximum absolute atomic E-state index is 14.2. The quantitative estimate of drug-likeness (QED) is 0.197. The van der Waals surface area contributed by atoms with Gasteiger partial charge in [0.05, 0.1) is 33.5 Å². The van der Waals surface area contributed by atoms with Gasteiger partial charge in [0.15, 0.2) is 23.0 Å². The summed E-state index contributed by atoms with van der Waals surface area (Å²) < 4.78 is 18.7. The molecule has 2 aliphatic rings. The number of nitrogens with zero attached hydrogens (tertiary/aromatic N) is 2. The molecule has 6 heteroatoms. The molecule has 1 aromatic heterocycles. The molecule has 6 aromatic carbocycles. The van der Waals surface area contributed by atoms with Crippen LogP contribution >= 0.6 is 0 Å². The number of ether oxygens (including phenoxy) is 2. The number of benzene rings is 6. The Morgan fingerprint density at radius 3 is 1.14 bits per heavy atom. The lowest BCUT2D eigenvalue weighted by Crippen LogP contribution is -2.16. The summed E-state index contributed by atoms with van der Waals surface area (Å²) in [6.07, 6.45) is 0. The predicted octanol–water partition coefficient (Wildman–Crippen LogP) is 10.1. The van der Waals surface area contributed by atoms with E-state index in [2.05, 4.69) is 9.80 Å². The standard InChI is InChI=1S/C37H22N2O4/c40-37-25-21-23(38-27-9-1-5-13-33(27)42-34-14-6-2-10-28(34)38)17-19-31(25)41-32-20-18-24(22-26(32)37)39-29-11-3-7-15-35(29)43-36-16-8-4-12-30(36)39/h1-22H. The van der Waals surface area contributed by atoms with Gasteiger partial charge in [0.25, 0.3) is 0 Å². The van der Waals surface area contributed by atoms with Crippen molar-refractivity contribution in [3.63, 3.8) is 0 Å². The van der Waals surface area contributed by atoms with Gasteiger partial charge in [-0.25, -0.2) is 0 Å². The first-order chi connectivity index (χ1) is 21.2. The van der Waals surface area contributed by atoms with Gasteiger partial charge in [-0.15, -0.1) is 0 Å². The van der Waals surface area contributed by atoms with E-state index in [0.29, 0.717) is 21.9 Å². The predicted molar refractivity (Wildman–Crippen MR) is 170 cm³/mol. The lowest BCUT2D eigenvalue weighted by atomic mass is 10.1. The normalized spacial score (nSPS) is 13.0. The third-order valence-electron chi connectivity index (χ3n) is 8.02. The third kappa shape index (κ3) is 3.57. The van der Waals surface area contributed by atoms with Crippen molar-refractivity contribution in [1.82, 2.24) is 0 Å². The van der Waals surface area contributed by atoms with Crippen LogP contribution in [0.4, 0.5) is 34.1 Å². The first kappa shape index (κ1) is 23.7.